The first kappa shape index (κ1) is 13.3. The first-order valence-corrected chi connectivity index (χ1v) is 6.67. The molecule has 2 atom stereocenters. The number of nitrogens with zero attached hydrogens (tertiary/aromatic N) is 3. The van der Waals surface area contributed by atoms with Crippen molar-refractivity contribution in [1.29, 1.82) is 0 Å². The minimum absolute atomic E-state index is 0.0333. The predicted molar refractivity (Wildman–Crippen MR) is 74.3 cm³/mol. The molecule has 1 aliphatic rings. The van der Waals surface area contributed by atoms with Crippen LogP contribution in [-0.4, -0.2) is 47.1 Å². The Morgan fingerprint density at radius 2 is 2.30 bits per heavy atom. The highest BCUT2D eigenvalue weighted by atomic mass is 19.1. The molecule has 0 bridgehead atoms. The third kappa shape index (κ3) is 1.96. The highest BCUT2D eigenvalue weighted by Crippen LogP contribution is 2.29. The summed E-state index contributed by atoms with van der Waals surface area (Å²) in [6.07, 6.45) is 0.815. The fraction of sp³-hybridized carbons (Fsp3) is 0.500. The second kappa shape index (κ2) is 5.03. The molecule has 2 aromatic rings. The van der Waals surface area contributed by atoms with Crippen molar-refractivity contribution in [2.45, 2.75) is 18.6 Å². The Labute approximate surface area is 116 Å². The number of benzene rings is 1. The summed E-state index contributed by atoms with van der Waals surface area (Å²) in [7, 11) is 3.52. The molecule has 1 aliphatic heterocycles. The van der Waals surface area contributed by atoms with Gasteiger partial charge in [-0.3, -0.25) is 0 Å². The Morgan fingerprint density at radius 1 is 1.50 bits per heavy atom. The van der Waals surface area contributed by atoms with Crippen molar-refractivity contribution < 1.29 is 14.2 Å². The lowest BCUT2D eigenvalue weighted by Gasteiger charge is -2.23. The van der Waals surface area contributed by atoms with Gasteiger partial charge in [-0.25, -0.2) is 9.37 Å². The number of hydrogen-bond acceptors (Lipinski definition) is 4. The van der Waals surface area contributed by atoms with Crippen LogP contribution in [0.4, 0.5) is 10.3 Å². The van der Waals surface area contributed by atoms with Crippen molar-refractivity contribution in [3.05, 3.63) is 24.0 Å². The van der Waals surface area contributed by atoms with Gasteiger partial charge in [-0.1, -0.05) is 6.07 Å². The molecule has 108 valence electrons. The molecule has 2 heterocycles. The standard InChI is InChI=1S/C14H18FN3O2/c1-17-12-5-3-4-11(15)13(12)16-14(17)18-7-10(20-2)6-9(18)8-19/h3-5,9-10,19H,6-8H2,1-2H3/t9-,10-/m0/s1. The van der Waals surface area contributed by atoms with E-state index >= 15 is 0 Å². The van der Waals surface area contributed by atoms with Gasteiger partial charge in [-0.15, -0.1) is 0 Å². The topological polar surface area (TPSA) is 50.5 Å². The Kier molecular flexibility index (Phi) is 3.35. The molecule has 0 saturated carbocycles. The van der Waals surface area contributed by atoms with E-state index < -0.39 is 0 Å². The maximum absolute atomic E-state index is 13.8. The highest BCUT2D eigenvalue weighted by molar-refractivity contribution is 5.79. The van der Waals surface area contributed by atoms with E-state index in [2.05, 4.69) is 4.98 Å². The monoisotopic (exact) mass is 279 g/mol. The predicted octanol–water partition coefficient (Wildman–Crippen LogP) is 1.30. The summed E-state index contributed by atoms with van der Waals surface area (Å²) >= 11 is 0. The number of methoxy groups -OCH3 is 1. The van der Waals surface area contributed by atoms with Crippen LogP contribution in [0.2, 0.25) is 0 Å². The van der Waals surface area contributed by atoms with Crippen molar-refractivity contribution in [3.63, 3.8) is 0 Å². The first-order valence-electron chi connectivity index (χ1n) is 6.67. The number of rotatable bonds is 3. The van der Waals surface area contributed by atoms with E-state index in [9.17, 15) is 9.50 Å². The summed E-state index contributed by atoms with van der Waals surface area (Å²) in [5.41, 5.74) is 1.11. The number of aliphatic hydroxyl groups excluding tert-OH is 1. The van der Waals surface area contributed by atoms with Crippen molar-refractivity contribution in [3.8, 4) is 0 Å². The quantitative estimate of drug-likeness (QED) is 0.920. The average molecular weight is 279 g/mol. The number of aromatic nitrogens is 2. The van der Waals surface area contributed by atoms with Crippen LogP contribution in [0.1, 0.15) is 6.42 Å². The van der Waals surface area contributed by atoms with Crippen molar-refractivity contribution in [2.75, 3.05) is 25.2 Å². The van der Waals surface area contributed by atoms with Gasteiger partial charge in [0.2, 0.25) is 5.95 Å². The van der Waals surface area contributed by atoms with E-state index in [0.717, 1.165) is 11.9 Å². The normalized spacial score (nSPS) is 22.9. The van der Waals surface area contributed by atoms with Crippen molar-refractivity contribution in [2.24, 2.45) is 7.05 Å². The van der Waals surface area contributed by atoms with E-state index in [0.29, 0.717) is 18.0 Å². The van der Waals surface area contributed by atoms with Gasteiger partial charge in [0.05, 0.1) is 24.3 Å². The number of halogens is 1. The van der Waals surface area contributed by atoms with E-state index in [1.165, 1.54) is 6.07 Å². The molecular weight excluding hydrogens is 261 g/mol. The summed E-state index contributed by atoms with van der Waals surface area (Å²) in [5, 5.41) is 9.52. The summed E-state index contributed by atoms with van der Waals surface area (Å²) in [5.74, 6) is 0.344. The number of aryl methyl sites for hydroxylation is 1. The van der Waals surface area contributed by atoms with Gasteiger partial charge in [-0.2, -0.15) is 0 Å². The van der Waals surface area contributed by atoms with E-state index in [1.807, 2.05) is 22.6 Å². The molecule has 1 fully saturated rings. The molecule has 0 radical (unpaired) electrons. The SMILES string of the molecule is CO[C@H]1C[C@@H](CO)N(c2nc3c(F)cccc3n2C)C1. The van der Waals surface area contributed by atoms with Gasteiger partial charge < -0.3 is 19.3 Å². The van der Waals surface area contributed by atoms with Gasteiger partial charge >= 0.3 is 0 Å². The summed E-state index contributed by atoms with van der Waals surface area (Å²) < 4.78 is 21.0. The Hall–Kier alpha value is -1.66. The summed E-state index contributed by atoms with van der Waals surface area (Å²) in [4.78, 5) is 6.40. The molecule has 1 saturated heterocycles. The molecule has 0 amide bonds. The van der Waals surface area contributed by atoms with E-state index in [4.69, 9.17) is 4.74 Å². The van der Waals surface area contributed by atoms with Crippen LogP contribution in [0, 0.1) is 5.82 Å². The van der Waals surface area contributed by atoms with Crippen LogP contribution in [0.25, 0.3) is 11.0 Å². The van der Waals surface area contributed by atoms with Gasteiger partial charge in [0.25, 0.3) is 0 Å². The van der Waals surface area contributed by atoms with Crippen LogP contribution < -0.4 is 4.90 Å². The van der Waals surface area contributed by atoms with Crippen molar-refractivity contribution in [1.82, 2.24) is 9.55 Å². The zero-order valence-corrected chi connectivity index (χ0v) is 11.6. The molecule has 3 rings (SSSR count). The third-order valence-corrected chi connectivity index (χ3v) is 4.02. The van der Waals surface area contributed by atoms with Gasteiger partial charge in [0, 0.05) is 20.7 Å². The van der Waals surface area contributed by atoms with Crippen LogP contribution in [0.15, 0.2) is 18.2 Å². The average Bonchev–Trinajstić information content (AvgIpc) is 3.01. The summed E-state index contributed by atoms with van der Waals surface area (Å²) in [6, 6.07) is 4.88. The molecule has 6 heteroatoms. The van der Waals surface area contributed by atoms with Crippen LogP contribution >= 0.6 is 0 Å². The molecule has 0 aliphatic carbocycles. The second-order valence-corrected chi connectivity index (χ2v) is 5.16. The van der Waals surface area contributed by atoms with Crippen LogP contribution in [0.5, 0.6) is 0 Å². The van der Waals surface area contributed by atoms with Crippen LogP contribution in [0.3, 0.4) is 0 Å². The smallest absolute Gasteiger partial charge is 0.206 e. The lowest BCUT2D eigenvalue weighted by atomic mass is 10.2. The minimum Gasteiger partial charge on any atom is -0.394 e. The van der Waals surface area contributed by atoms with Crippen LogP contribution in [-0.2, 0) is 11.8 Å². The van der Waals surface area contributed by atoms with E-state index in [-0.39, 0.29) is 24.6 Å². The number of ether oxygens (including phenoxy) is 1. The Balaban J connectivity index is 2.05. The number of hydrogen-bond donors (Lipinski definition) is 1. The fourth-order valence-electron chi connectivity index (χ4n) is 2.89. The minimum atomic E-state index is -0.326. The number of aliphatic hydroxyl groups is 1. The fourth-order valence-corrected chi connectivity index (χ4v) is 2.89. The Bertz CT molecular complexity index is 628. The summed E-state index contributed by atoms with van der Waals surface area (Å²) in [6.45, 7) is 0.687. The van der Waals surface area contributed by atoms with Gasteiger partial charge in [-0.05, 0) is 18.6 Å². The zero-order chi connectivity index (χ0) is 14.3. The highest BCUT2D eigenvalue weighted by Gasteiger charge is 2.34. The zero-order valence-electron chi connectivity index (χ0n) is 11.6. The maximum Gasteiger partial charge on any atom is 0.206 e. The van der Waals surface area contributed by atoms with Gasteiger partial charge in [0.15, 0.2) is 5.82 Å². The second-order valence-electron chi connectivity index (χ2n) is 5.16. The van der Waals surface area contributed by atoms with Gasteiger partial charge in [0.1, 0.15) is 5.52 Å². The molecule has 20 heavy (non-hydrogen) atoms. The first-order chi connectivity index (χ1) is 9.65. The molecule has 0 spiro atoms. The largest absolute Gasteiger partial charge is 0.394 e. The Morgan fingerprint density at radius 3 is 2.95 bits per heavy atom. The molecule has 1 aromatic heterocycles. The van der Waals surface area contributed by atoms with E-state index in [1.54, 1.807) is 13.2 Å². The lowest BCUT2D eigenvalue weighted by Crippen LogP contribution is -2.34. The molecule has 1 N–H and O–H groups in total. The number of fused-ring (bicyclic) bond motifs is 1. The molecule has 5 nitrogen and oxygen atoms in total. The number of anilines is 1. The molecular formula is C14H18FN3O2. The third-order valence-electron chi connectivity index (χ3n) is 4.02. The maximum atomic E-state index is 13.8. The van der Waals surface area contributed by atoms with Crippen molar-refractivity contribution >= 4 is 17.0 Å². The molecule has 0 unspecified atom stereocenters. The number of imidazole rings is 1. The molecule has 1 aromatic carbocycles. The lowest BCUT2D eigenvalue weighted by molar-refractivity contribution is 0.115. The number of para-hydroxylation sites is 1.